The molecule has 1 aliphatic carbocycles. The zero-order valence-electron chi connectivity index (χ0n) is 16.7. The van der Waals surface area contributed by atoms with E-state index in [2.05, 4.69) is 52.5 Å². The Morgan fingerprint density at radius 2 is 1.93 bits per heavy atom. The number of benzene rings is 1. The van der Waals surface area contributed by atoms with Crippen LogP contribution in [0, 0.1) is 5.92 Å². The number of nitrogens with zero attached hydrogens (tertiary/aromatic N) is 1. The van der Waals surface area contributed by atoms with Crippen molar-refractivity contribution >= 4 is 22.5 Å². The highest BCUT2D eigenvalue weighted by molar-refractivity contribution is 6.34. The topological polar surface area (TPSA) is 40.7 Å². The van der Waals surface area contributed by atoms with E-state index in [4.69, 9.17) is 11.6 Å². The van der Waals surface area contributed by atoms with E-state index in [-0.39, 0.29) is 0 Å². The van der Waals surface area contributed by atoms with Crippen LogP contribution in [-0.4, -0.2) is 16.0 Å². The molecule has 2 aromatic heterocycles. The summed E-state index contributed by atoms with van der Waals surface area (Å²) in [6.45, 7) is 3.07. The van der Waals surface area contributed by atoms with Gasteiger partial charge in [-0.3, -0.25) is 0 Å². The van der Waals surface area contributed by atoms with E-state index in [1.54, 1.807) is 6.20 Å². The summed E-state index contributed by atoms with van der Waals surface area (Å²) in [4.78, 5) is 8.00. The van der Waals surface area contributed by atoms with Crippen LogP contribution in [0.3, 0.4) is 0 Å². The molecule has 1 atom stereocenters. The summed E-state index contributed by atoms with van der Waals surface area (Å²) in [7, 11) is 0. The second-order valence-corrected chi connectivity index (χ2v) is 8.64. The summed E-state index contributed by atoms with van der Waals surface area (Å²) in [5.41, 5.74) is 5.12. The van der Waals surface area contributed by atoms with Crippen LogP contribution in [0.4, 0.5) is 0 Å². The van der Waals surface area contributed by atoms with Crippen molar-refractivity contribution in [1.29, 1.82) is 0 Å². The highest BCUT2D eigenvalue weighted by Gasteiger charge is 2.20. The van der Waals surface area contributed by atoms with Crippen molar-refractivity contribution < 1.29 is 0 Å². The zero-order valence-corrected chi connectivity index (χ0v) is 17.4. The van der Waals surface area contributed by atoms with Crippen LogP contribution in [0.25, 0.3) is 10.9 Å². The largest absolute Gasteiger partial charge is 0.358 e. The molecule has 0 saturated heterocycles. The van der Waals surface area contributed by atoms with Gasteiger partial charge in [-0.25, -0.2) is 4.98 Å². The highest BCUT2D eigenvalue weighted by Crippen LogP contribution is 2.32. The quantitative estimate of drug-likeness (QED) is 0.477. The Bertz CT molecular complexity index is 897. The lowest BCUT2D eigenvalue weighted by Gasteiger charge is -2.22. The van der Waals surface area contributed by atoms with Crippen LogP contribution in [0.15, 0.2) is 42.6 Å². The van der Waals surface area contributed by atoms with Gasteiger partial charge in [-0.05, 0) is 42.9 Å². The van der Waals surface area contributed by atoms with Crippen LogP contribution in [-0.2, 0) is 19.4 Å². The van der Waals surface area contributed by atoms with Gasteiger partial charge in [0.25, 0.3) is 0 Å². The molecule has 148 valence electrons. The minimum Gasteiger partial charge on any atom is -0.358 e. The van der Waals surface area contributed by atoms with E-state index in [1.165, 1.54) is 48.9 Å². The Hall–Kier alpha value is -1.84. The maximum atomic E-state index is 6.50. The Kier molecular flexibility index (Phi) is 6.33. The zero-order chi connectivity index (χ0) is 19.3. The molecule has 4 rings (SSSR count). The molecular formula is C24H30ClN3. The third-order valence-electron chi connectivity index (χ3n) is 6.09. The number of fused-ring (bicyclic) bond motifs is 1. The molecule has 3 aromatic rings. The first-order chi connectivity index (χ1) is 13.7. The van der Waals surface area contributed by atoms with Crippen LogP contribution in [0.1, 0.15) is 55.8 Å². The molecule has 0 amide bonds. The summed E-state index contributed by atoms with van der Waals surface area (Å²) in [6, 6.07) is 13.1. The van der Waals surface area contributed by atoms with Gasteiger partial charge in [0.05, 0.1) is 5.52 Å². The van der Waals surface area contributed by atoms with Crippen molar-refractivity contribution in [2.45, 2.75) is 64.5 Å². The number of halogens is 1. The van der Waals surface area contributed by atoms with Gasteiger partial charge in [0.15, 0.2) is 0 Å². The monoisotopic (exact) mass is 395 g/mol. The van der Waals surface area contributed by atoms with Crippen LogP contribution in [0.5, 0.6) is 0 Å². The summed E-state index contributed by atoms with van der Waals surface area (Å²) < 4.78 is 0. The van der Waals surface area contributed by atoms with Gasteiger partial charge in [-0.2, -0.15) is 0 Å². The molecule has 4 heteroatoms. The van der Waals surface area contributed by atoms with Gasteiger partial charge in [-0.1, -0.05) is 74.0 Å². The normalized spacial score (nSPS) is 16.5. The Morgan fingerprint density at radius 1 is 1.14 bits per heavy atom. The first-order valence-corrected chi connectivity index (χ1v) is 11.0. The van der Waals surface area contributed by atoms with Gasteiger partial charge in [0.2, 0.25) is 0 Å². The summed E-state index contributed by atoms with van der Waals surface area (Å²) in [6.07, 6.45) is 10.8. The van der Waals surface area contributed by atoms with E-state index in [9.17, 15) is 0 Å². The van der Waals surface area contributed by atoms with Crippen molar-refractivity contribution in [3.63, 3.8) is 0 Å². The molecule has 0 bridgehead atoms. The van der Waals surface area contributed by atoms with Gasteiger partial charge in [0.1, 0.15) is 5.15 Å². The molecule has 3 nitrogen and oxygen atoms in total. The summed E-state index contributed by atoms with van der Waals surface area (Å²) in [5, 5.41) is 5.42. The fourth-order valence-corrected chi connectivity index (χ4v) is 4.85. The van der Waals surface area contributed by atoms with Gasteiger partial charge in [0, 0.05) is 29.9 Å². The minimum atomic E-state index is 0.394. The smallest absolute Gasteiger partial charge is 0.138 e. The predicted molar refractivity (Wildman–Crippen MR) is 118 cm³/mol. The SMILES string of the molecule is CC(Cc1ccccc1)NCc1c(CC2CCCCC2)[nH]c2ccnc(Cl)c12. The van der Waals surface area contributed by atoms with Crippen LogP contribution in [0.2, 0.25) is 5.15 Å². The fourth-order valence-electron chi connectivity index (χ4n) is 4.58. The second-order valence-electron chi connectivity index (χ2n) is 8.29. The number of H-pyrrole nitrogens is 1. The van der Waals surface area contributed by atoms with Crippen molar-refractivity contribution in [3.05, 3.63) is 64.6 Å². The molecule has 0 spiro atoms. The lowest BCUT2D eigenvalue weighted by molar-refractivity contribution is 0.354. The van der Waals surface area contributed by atoms with E-state index in [0.717, 1.165) is 36.2 Å². The molecule has 1 unspecified atom stereocenters. The average molecular weight is 396 g/mol. The number of aromatic nitrogens is 2. The number of pyridine rings is 1. The van der Waals surface area contributed by atoms with Gasteiger partial charge in [-0.15, -0.1) is 0 Å². The van der Waals surface area contributed by atoms with E-state index in [1.807, 2.05) is 6.07 Å². The number of hydrogen-bond acceptors (Lipinski definition) is 2. The van der Waals surface area contributed by atoms with Gasteiger partial charge >= 0.3 is 0 Å². The fraction of sp³-hybridized carbons (Fsp3) is 0.458. The Balaban J connectivity index is 1.52. The molecule has 1 aliphatic rings. The first kappa shape index (κ1) is 19.5. The molecule has 2 heterocycles. The van der Waals surface area contributed by atoms with Gasteiger partial charge < -0.3 is 10.3 Å². The number of hydrogen-bond donors (Lipinski definition) is 2. The van der Waals surface area contributed by atoms with E-state index < -0.39 is 0 Å². The van der Waals surface area contributed by atoms with Crippen LogP contribution < -0.4 is 5.32 Å². The third-order valence-corrected chi connectivity index (χ3v) is 6.37. The lowest BCUT2D eigenvalue weighted by Crippen LogP contribution is -2.28. The molecule has 1 fully saturated rings. The van der Waals surface area contributed by atoms with E-state index in [0.29, 0.717) is 11.2 Å². The highest BCUT2D eigenvalue weighted by atomic mass is 35.5. The first-order valence-electron chi connectivity index (χ1n) is 10.6. The van der Waals surface area contributed by atoms with Crippen molar-refractivity contribution in [2.24, 2.45) is 5.92 Å². The van der Waals surface area contributed by atoms with Crippen molar-refractivity contribution in [2.75, 3.05) is 0 Å². The Labute approximate surface area is 172 Å². The van der Waals surface area contributed by atoms with E-state index >= 15 is 0 Å². The second kappa shape index (κ2) is 9.11. The number of rotatable bonds is 7. The lowest BCUT2D eigenvalue weighted by atomic mass is 9.85. The Morgan fingerprint density at radius 3 is 2.71 bits per heavy atom. The maximum absolute atomic E-state index is 6.50. The predicted octanol–water partition coefficient (Wildman–Crippen LogP) is 6.06. The molecule has 1 aromatic carbocycles. The molecule has 28 heavy (non-hydrogen) atoms. The third kappa shape index (κ3) is 4.59. The summed E-state index contributed by atoms with van der Waals surface area (Å²) in [5.74, 6) is 0.786. The number of nitrogens with one attached hydrogen (secondary N) is 2. The molecule has 1 saturated carbocycles. The number of aromatic amines is 1. The maximum Gasteiger partial charge on any atom is 0.138 e. The standard InChI is InChI=1S/C24H30ClN3/c1-17(14-18-8-4-2-5-9-18)27-16-20-22(15-19-10-6-3-7-11-19)28-21-12-13-26-24(25)23(20)21/h2,4-5,8-9,12-13,17,19,27-28H,3,6-7,10-11,14-16H2,1H3. The summed E-state index contributed by atoms with van der Waals surface area (Å²) >= 11 is 6.50. The minimum absolute atomic E-state index is 0.394. The molecular weight excluding hydrogens is 366 g/mol. The van der Waals surface area contributed by atoms with Crippen molar-refractivity contribution in [3.8, 4) is 0 Å². The van der Waals surface area contributed by atoms with Crippen LogP contribution >= 0.6 is 11.6 Å². The molecule has 0 radical (unpaired) electrons. The van der Waals surface area contributed by atoms with Crippen molar-refractivity contribution in [1.82, 2.24) is 15.3 Å². The molecule has 2 N–H and O–H groups in total. The molecule has 0 aliphatic heterocycles. The average Bonchev–Trinajstić information content (AvgIpc) is 3.06.